The molecule has 0 saturated heterocycles. The summed E-state index contributed by atoms with van der Waals surface area (Å²) in [6, 6.07) is 11.2. The van der Waals surface area contributed by atoms with Crippen molar-refractivity contribution in [3.8, 4) is 6.07 Å². The summed E-state index contributed by atoms with van der Waals surface area (Å²) in [5, 5.41) is 15.0. The van der Waals surface area contributed by atoms with Crippen LogP contribution in [0.25, 0.3) is 5.57 Å². The van der Waals surface area contributed by atoms with Crippen LogP contribution in [-0.4, -0.2) is 19.7 Å². The molecule has 2 rings (SSSR count). The second-order valence-corrected chi connectivity index (χ2v) is 6.31. The van der Waals surface area contributed by atoms with Gasteiger partial charge in [0, 0.05) is 5.57 Å². The zero-order valence-corrected chi connectivity index (χ0v) is 12.1. The molecule has 0 amide bonds. The molecule has 0 aliphatic carbocycles. The van der Waals surface area contributed by atoms with Gasteiger partial charge in [-0.3, -0.25) is 4.28 Å². The highest BCUT2D eigenvalue weighted by Crippen LogP contribution is 2.30. The molecule has 0 N–H and O–H groups in total. The number of thioether (sulfide) groups is 1. The third-order valence-electron chi connectivity index (χ3n) is 2.34. The van der Waals surface area contributed by atoms with E-state index in [0.717, 1.165) is 11.8 Å². The van der Waals surface area contributed by atoms with E-state index in [0.29, 0.717) is 16.2 Å². The van der Waals surface area contributed by atoms with Crippen LogP contribution in [0.3, 0.4) is 0 Å². The molecule has 5 nitrogen and oxygen atoms in total. The van der Waals surface area contributed by atoms with E-state index >= 15 is 0 Å². The van der Waals surface area contributed by atoms with Gasteiger partial charge in [-0.05, 0) is 17.0 Å². The molecule has 0 atom stereocenters. The van der Waals surface area contributed by atoms with Gasteiger partial charge in [0.2, 0.25) is 0 Å². The lowest BCUT2D eigenvalue weighted by molar-refractivity contribution is 0.345. The molecule has 0 spiro atoms. The molecule has 0 aromatic heterocycles. The van der Waals surface area contributed by atoms with Gasteiger partial charge in [-0.2, -0.15) is 13.7 Å². The highest BCUT2D eigenvalue weighted by molar-refractivity contribution is 8.17. The highest BCUT2D eigenvalue weighted by atomic mass is 32.2. The van der Waals surface area contributed by atoms with Crippen LogP contribution in [0.1, 0.15) is 5.56 Å². The molecule has 1 aliphatic heterocycles. The zero-order chi connectivity index (χ0) is 14.6. The number of nitriles is 1. The number of oxime groups is 1. The molecule has 7 heteroatoms. The first-order valence-electron chi connectivity index (χ1n) is 5.51. The molecule has 20 heavy (non-hydrogen) atoms. The number of hydrogen-bond donors (Lipinski definition) is 0. The van der Waals surface area contributed by atoms with Crippen molar-refractivity contribution in [3.63, 3.8) is 0 Å². The van der Waals surface area contributed by atoms with Crippen molar-refractivity contribution in [1.29, 1.82) is 5.26 Å². The Hall–Kier alpha value is -2.04. The zero-order valence-electron chi connectivity index (χ0n) is 10.5. The third kappa shape index (κ3) is 3.50. The number of rotatable bonds is 3. The Bertz CT molecular complexity index is 742. The van der Waals surface area contributed by atoms with Crippen LogP contribution in [0.4, 0.5) is 0 Å². The minimum absolute atomic E-state index is 0.343. The van der Waals surface area contributed by atoms with E-state index in [1.54, 1.807) is 23.6 Å². The molecule has 0 radical (unpaired) electrons. The van der Waals surface area contributed by atoms with E-state index in [9.17, 15) is 13.7 Å². The minimum atomic E-state index is -3.67. The van der Waals surface area contributed by atoms with Crippen molar-refractivity contribution in [3.05, 3.63) is 53.0 Å². The summed E-state index contributed by atoms with van der Waals surface area (Å²) in [4.78, 5) is 0. The van der Waals surface area contributed by atoms with E-state index in [-0.39, 0.29) is 0 Å². The van der Waals surface area contributed by atoms with E-state index in [2.05, 4.69) is 15.5 Å². The Balaban J connectivity index is 2.45. The van der Waals surface area contributed by atoms with E-state index in [4.69, 9.17) is 0 Å². The summed E-state index contributed by atoms with van der Waals surface area (Å²) >= 11 is 1.20. The molecule has 1 aromatic rings. The van der Waals surface area contributed by atoms with Gasteiger partial charge in [-0.15, -0.1) is 0 Å². The number of nitrogens with zero attached hydrogens (tertiary/aromatic N) is 2. The normalized spacial score (nSPS) is 18.9. The van der Waals surface area contributed by atoms with Gasteiger partial charge in [0.05, 0.1) is 11.8 Å². The predicted octanol–water partition coefficient (Wildman–Crippen LogP) is 2.51. The topological polar surface area (TPSA) is 79.5 Å². The maximum Gasteiger partial charge on any atom is 0.325 e. The summed E-state index contributed by atoms with van der Waals surface area (Å²) in [5.41, 5.74) is 1.71. The second-order valence-electron chi connectivity index (χ2n) is 3.86. The minimum Gasteiger partial charge on any atom is -0.268 e. The monoisotopic (exact) mass is 306 g/mol. The van der Waals surface area contributed by atoms with Gasteiger partial charge in [-0.1, -0.05) is 47.2 Å². The molecule has 0 bridgehead atoms. The Morgan fingerprint density at radius 3 is 2.65 bits per heavy atom. The van der Waals surface area contributed by atoms with E-state index in [1.807, 2.05) is 18.2 Å². The van der Waals surface area contributed by atoms with Crippen LogP contribution in [0.5, 0.6) is 0 Å². The lowest BCUT2D eigenvalue weighted by Gasteiger charge is -2.04. The molecule has 102 valence electrons. The standard InChI is InChI=1S/C13H10N2O3S2/c1-20(16,17)18-15-13-11(7-8-19-13)12(9-14)10-5-3-2-4-6-10/h2-8H,1H3/b12-11+,15-13?. The molecular formula is C13H10N2O3S2. The quantitative estimate of drug-likeness (QED) is 0.633. The van der Waals surface area contributed by atoms with Gasteiger partial charge < -0.3 is 0 Å². The van der Waals surface area contributed by atoms with Crippen molar-refractivity contribution < 1.29 is 12.7 Å². The molecule has 1 aromatic carbocycles. The first-order valence-corrected chi connectivity index (χ1v) is 8.21. The Labute approximate surface area is 121 Å². The van der Waals surface area contributed by atoms with Crippen LogP contribution >= 0.6 is 11.8 Å². The van der Waals surface area contributed by atoms with Crippen LogP contribution < -0.4 is 0 Å². The van der Waals surface area contributed by atoms with Crippen LogP contribution in [-0.2, 0) is 14.4 Å². The summed E-state index contributed by atoms with van der Waals surface area (Å²) in [5.74, 6) is 0. The molecule has 1 heterocycles. The maximum atomic E-state index is 11.0. The van der Waals surface area contributed by atoms with E-state index in [1.165, 1.54) is 11.8 Å². The Morgan fingerprint density at radius 2 is 2.05 bits per heavy atom. The lowest BCUT2D eigenvalue weighted by Crippen LogP contribution is -2.01. The van der Waals surface area contributed by atoms with Gasteiger partial charge in [0.15, 0.2) is 0 Å². The maximum absolute atomic E-state index is 11.0. The van der Waals surface area contributed by atoms with Crippen molar-refractivity contribution >= 4 is 32.5 Å². The smallest absolute Gasteiger partial charge is 0.268 e. The van der Waals surface area contributed by atoms with Gasteiger partial charge >= 0.3 is 10.1 Å². The first kappa shape index (κ1) is 14.4. The predicted molar refractivity (Wildman–Crippen MR) is 79.1 cm³/mol. The van der Waals surface area contributed by atoms with Gasteiger partial charge in [-0.25, -0.2) is 0 Å². The SMILES string of the molecule is CS(=O)(=O)ON=C1SC=C/C1=C(/C#N)c1ccccc1. The fourth-order valence-electron chi connectivity index (χ4n) is 1.55. The third-order valence-corrected chi connectivity index (χ3v) is 3.48. The van der Waals surface area contributed by atoms with Gasteiger partial charge in [0.25, 0.3) is 0 Å². The fraction of sp³-hybridized carbons (Fsp3) is 0.0769. The first-order chi connectivity index (χ1) is 9.51. The molecule has 0 saturated carbocycles. The summed E-state index contributed by atoms with van der Waals surface area (Å²) in [6.07, 6.45) is 2.62. The number of benzene rings is 1. The van der Waals surface area contributed by atoms with Crippen molar-refractivity contribution in [2.75, 3.05) is 6.26 Å². The van der Waals surface area contributed by atoms with Crippen LogP contribution in [0.15, 0.2) is 52.5 Å². The highest BCUT2D eigenvalue weighted by Gasteiger charge is 2.18. The van der Waals surface area contributed by atoms with Crippen LogP contribution in [0, 0.1) is 11.3 Å². The van der Waals surface area contributed by atoms with Crippen molar-refractivity contribution in [2.45, 2.75) is 0 Å². The Morgan fingerprint density at radius 1 is 1.35 bits per heavy atom. The van der Waals surface area contributed by atoms with E-state index < -0.39 is 10.1 Å². The molecular weight excluding hydrogens is 296 g/mol. The lowest BCUT2D eigenvalue weighted by atomic mass is 10.0. The number of allylic oxidation sites excluding steroid dienone is 2. The van der Waals surface area contributed by atoms with Crippen molar-refractivity contribution in [2.24, 2.45) is 5.16 Å². The molecule has 1 aliphatic rings. The average molecular weight is 306 g/mol. The van der Waals surface area contributed by atoms with Crippen LogP contribution in [0.2, 0.25) is 0 Å². The number of hydrogen-bond acceptors (Lipinski definition) is 6. The fourth-order valence-corrected chi connectivity index (χ4v) is 2.52. The molecule has 0 unspecified atom stereocenters. The van der Waals surface area contributed by atoms with Gasteiger partial charge in [0.1, 0.15) is 11.1 Å². The summed E-state index contributed by atoms with van der Waals surface area (Å²) in [7, 11) is -3.67. The second kappa shape index (κ2) is 5.94. The summed E-state index contributed by atoms with van der Waals surface area (Å²) in [6.45, 7) is 0. The largest absolute Gasteiger partial charge is 0.325 e. The summed E-state index contributed by atoms with van der Waals surface area (Å²) < 4.78 is 26.4. The molecule has 0 fully saturated rings. The Kier molecular flexibility index (Phi) is 4.27. The van der Waals surface area contributed by atoms with Crippen molar-refractivity contribution in [1.82, 2.24) is 0 Å². The average Bonchev–Trinajstić information content (AvgIpc) is 2.86.